The molecule has 7 heteroatoms. The summed E-state index contributed by atoms with van der Waals surface area (Å²) >= 11 is 3.48. The minimum atomic E-state index is -0.472. The smallest absolute Gasteiger partial charge is 0.410 e. The average molecular weight is 374 g/mol. The second-order valence-electron chi connectivity index (χ2n) is 6.80. The molecule has 0 radical (unpaired) electrons. The van der Waals surface area contributed by atoms with Crippen molar-refractivity contribution in [3.8, 4) is 0 Å². The Labute approximate surface area is 139 Å². The highest BCUT2D eigenvalue weighted by atomic mass is 79.9. The summed E-state index contributed by atoms with van der Waals surface area (Å²) in [5.41, 5.74) is 0.533. The van der Waals surface area contributed by atoms with Crippen LogP contribution < -0.4 is 0 Å². The lowest BCUT2D eigenvalue weighted by Gasteiger charge is -2.24. The van der Waals surface area contributed by atoms with Crippen molar-refractivity contribution in [2.24, 2.45) is 13.0 Å². The van der Waals surface area contributed by atoms with Crippen LogP contribution in [0.3, 0.4) is 0 Å². The van der Waals surface area contributed by atoms with E-state index in [0.29, 0.717) is 19.7 Å². The third-order valence-electron chi connectivity index (χ3n) is 3.58. The molecule has 22 heavy (non-hydrogen) atoms. The molecule has 2 unspecified atom stereocenters. The number of ether oxygens (including phenoxy) is 2. The van der Waals surface area contributed by atoms with Crippen LogP contribution in [0.15, 0.2) is 10.8 Å². The second kappa shape index (κ2) is 6.58. The first-order valence-electron chi connectivity index (χ1n) is 7.43. The molecule has 2 heterocycles. The summed E-state index contributed by atoms with van der Waals surface area (Å²) in [5, 5.41) is 4.17. The van der Waals surface area contributed by atoms with Gasteiger partial charge in [0, 0.05) is 25.1 Å². The molecular formula is C15H24BrN3O3. The molecule has 0 spiro atoms. The Bertz CT molecular complexity index is 539. The second-order valence-corrected chi connectivity index (χ2v) is 7.55. The van der Waals surface area contributed by atoms with Gasteiger partial charge in [0.15, 0.2) is 0 Å². The number of halogens is 1. The van der Waals surface area contributed by atoms with Gasteiger partial charge < -0.3 is 14.4 Å². The summed E-state index contributed by atoms with van der Waals surface area (Å²) in [5.74, 6) is 0.281. The lowest BCUT2D eigenvalue weighted by atomic mass is 10.1. The van der Waals surface area contributed by atoms with Crippen LogP contribution >= 0.6 is 15.9 Å². The maximum Gasteiger partial charge on any atom is 0.410 e. The lowest BCUT2D eigenvalue weighted by Crippen LogP contribution is -2.36. The van der Waals surface area contributed by atoms with Crippen LogP contribution in [0, 0.1) is 5.92 Å². The first kappa shape index (κ1) is 17.3. The maximum atomic E-state index is 12.1. The van der Waals surface area contributed by atoms with Crippen LogP contribution in [0.25, 0.3) is 0 Å². The molecule has 0 bridgehead atoms. The van der Waals surface area contributed by atoms with Crippen molar-refractivity contribution in [1.29, 1.82) is 0 Å². The predicted octanol–water partition coefficient (Wildman–Crippen LogP) is 2.95. The molecule has 0 aromatic carbocycles. The minimum Gasteiger partial charge on any atom is -0.444 e. The highest BCUT2D eigenvalue weighted by Gasteiger charge is 2.35. The molecule has 0 aliphatic carbocycles. The Hall–Kier alpha value is -1.08. The van der Waals surface area contributed by atoms with Gasteiger partial charge in [-0.25, -0.2) is 4.79 Å². The maximum absolute atomic E-state index is 12.1. The van der Waals surface area contributed by atoms with Crippen molar-refractivity contribution < 1.29 is 14.3 Å². The molecular weight excluding hydrogens is 350 g/mol. The van der Waals surface area contributed by atoms with Gasteiger partial charge in [-0.2, -0.15) is 5.10 Å². The Morgan fingerprint density at radius 1 is 1.45 bits per heavy atom. The van der Waals surface area contributed by atoms with Crippen molar-refractivity contribution in [1.82, 2.24) is 14.7 Å². The van der Waals surface area contributed by atoms with Crippen molar-refractivity contribution >= 4 is 22.0 Å². The molecule has 1 amide bonds. The zero-order valence-corrected chi connectivity index (χ0v) is 15.4. The number of amides is 1. The number of hydrogen-bond acceptors (Lipinski definition) is 4. The third kappa shape index (κ3) is 4.23. The number of rotatable bonds is 3. The standard InChI is InChI=1S/C15H24BrN3O3/c1-10-7-19(14(20)22-15(2,3)4)8-12(10)21-9-11-6-17-18(5)13(11)16/h6,10,12H,7-9H2,1-5H3. The van der Waals surface area contributed by atoms with Crippen LogP contribution in [0.5, 0.6) is 0 Å². The summed E-state index contributed by atoms with van der Waals surface area (Å²) in [6.45, 7) is 9.41. The van der Waals surface area contributed by atoms with Crippen molar-refractivity contribution in [3.05, 3.63) is 16.4 Å². The fourth-order valence-electron chi connectivity index (χ4n) is 2.39. The largest absolute Gasteiger partial charge is 0.444 e. The van der Waals surface area contributed by atoms with Crippen LogP contribution in [0.2, 0.25) is 0 Å². The molecule has 1 aliphatic rings. The molecule has 1 fully saturated rings. The average Bonchev–Trinajstić information content (AvgIpc) is 2.91. The van der Waals surface area contributed by atoms with E-state index < -0.39 is 5.60 Å². The number of carbonyl (C=O) groups is 1. The van der Waals surface area contributed by atoms with Crippen LogP contribution in [-0.4, -0.2) is 45.6 Å². The minimum absolute atomic E-state index is 0.0135. The monoisotopic (exact) mass is 373 g/mol. The molecule has 6 nitrogen and oxygen atoms in total. The lowest BCUT2D eigenvalue weighted by molar-refractivity contribution is 0.0137. The van der Waals surface area contributed by atoms with Gasteiger partial charge in [-0.3, -0.25) is 4.68 Å². The number of aromatic nitrogens is 2. The summed E-state index contributed by atoms with van der Waals surface area (Å²) in [7, 11) is 1.87. The number of carbonyl (C=O) groups excluding carboxylic acids is 1. The first-order valence-corrected chi connectivity index (χ1v) is 8.22. The number of hydrogen-bond donors (Lipinski definition) is 0. The Kier molecular flexibility index (Phi) is 5.17. The Morgan fingerprint density at radius 3 is 2.68 bits per heavy atom. The molecule has 0 saturated carbocycles. The van der Waals surface area contributed by atoms with Gasteiger partial charge in [-0.05, 0) is 36.7 Å². The number of likely N-dealkylation sites (tertiary alicyclic amines) is 1. The topological polar surface area (TPSA) is 56.6 Å². The van der Waals surface area contributed by atoms with E-state index in [-0.39, 0.29) is 18.1 Å². The third-order valence-corrected chi connectivity index (χ3v) is 4.61. The van der Waals surface area contributed by atoms with Gasteiger partial charge in [-0.1, -0.05) is 6.92 Å². The van der Waals surface area contributed by atoms with E-state index in [9.17, 15) is 4.79 Å². The zero-order chi connectivity index (χ0) is 16.5. The van der Waals surface area contributed by atoms with E-state index in [2.05, 4.69) is 28.0 Å². The molecule has 0 N–H and O–H groups in total. The summed E-state index contributed by atoms with van der Waals surface area (Å²) in [6, 6.07) is 0. The molecule has 1 saturated heterocycles. The molecule has 2 rings (SSSR count). The van der Waals surface area contributed by atoms with E-state index in [4.69, 9.17) is 9.47 Å². The Morgan fingerprint density at radius 2 is 2.14 bits per heavy atom. The van der Waals surface area contributed by atoms with E-state index in [1.165, 1.54) is 0 Å². The van der Waals surface area contributed by atoms with Crippen molar-refractivity contribution in [3.63, 3.8) is 0 Å². The van der Waals surface area contributed by atoms with Gasteiger partial charge in [0.2, 0.25) is 0 Å². The van der Waals surface area contributed by atoms with Crippen LogP contribution in [-0.2, 0) is 23.1 Å². The predicted molar refractivity (Wildman–Crippen MR) is 86.5 cm³/mol. The SMILES string of the molecule is CC1CN(C(=O)OC(C)(C)C)CC1OCc1cnn(C)c1Br. The molecule has 1 aromatic rings. The first-order chi connectivity index (χ1) is 10.2. The molecule has 1 aliphatic heterocycles. The highest BCUT2D eigenvalue weighted by Crippen LogP contribution is 2.24. The summed E-state index contributed by atoms with van der Waals surface area (Å²) in [4.78, 5) is 13.8. The van der Waals surface area contributed by atoms with Crippen molar-refractivity contribution in [2.45, 2.75) is 46.0 Å². The fourth-order valence-corrected chi connectivity index (χ4v) is 2.70. The number of aryl methyl sites for hydroxylation is 1. The van der Waals surface area contributed by atoms with Gasteiger partial charge in [0.1, 0.15) is 10.2 Å². The quantitative estimate of drug-likeness (QED) is 0.816. The van der Waals surface area contributed by atoms with Crippen molar-refractivity contribution in [2.75, 3.05) is 13.1 Å². The van der Waals surface area contributed by atoms with E-state index in [0.717, 1.165) is 10.2 Å². The van der Waals surface area contributed by atoms with E-state index in [1.54, 1.807) is 15.8 Å². The summed E-state index contributed by atoms with van der Waals surface area (Å²) in [6.07, 6.45) is 1.53. The van der Waals surface area contributed by atoms with Gasteiger partial charge in [0.25, 0.3) is 0 Å². The van der Waals surface area contributed by atoms with Crippen LogP contribution in [0.1, 0.15) is 33.3 Å². The van der Waals surface area contributed by atoms with E-state index in [1.807, 2.05) is 27.8 Å². The fraction of sp³-hybridized carbons (Fsp3) is 0.733. The molecule has 2 atom stereocenters. The van der Waals surface area contributed by atoms with Gasteiger partial charge >= 0.3 is 6.09 Å². The summed E-state index contributed by atoms with van der Waals surface area (Å²) < 4.78 is 14.1. The Balaban J connectivity index is 1.88. The molecule has 1 aromatic heterocycles. The van der Waals surface area contributed by atoms with E-state index >= 15 is 0 Å². The zero-order valence-electron chi connectivity index (χ0n) is 13.8. The van der Waals surface area contributed by atoms with Gasteiger partial charge in [-0.15, -0.1) is 0 Å². The van der Waals surface area contributed by atoms with Gasteiger partial charge in [0.05, 0.1) is 25.5 Å². The highest BCUT2D eigenvalue weighted by molar-refractivity contribution is 9.10. The normalized spacial score (nSPS) is 22.2. The van der Waals surface area contributed by atoms with Crippen LogP contribution in [0.4, 0.5) is 4.79 Å². The number of nitrogens with zero attached hydrogens (tertiary/aromatic N) is 3. The molecule has 124 valence electrons.